The van der Waals surface area contributed by atoms with E-state index in [1.54, 1.807) is 12.4 Å². The lowest BCUT2D eigenvalue weighted by atomic mass is 9.99. The van der Waals surface area contributed by atoms with Gasteiger partial charge in [0.2, 0.25) is 5.91 Å². The van der Waals surface area contributed by atoms with Gasteiger partial charge in [0.1, 0.15) is 5.69 Å². The number of hydrogen-bond acceptors (Lipinski definition) is 5. The maximum absolute atomic E-state index is 12.3. The number of benzene rings is 1. The Bertz CT molecular complexity index is 879. The molecule has 1 aromatic carbocycles. The predicted molar refractivity (Wildman–Crippen MR) is 102 cm³/mol. The van der Waals surface area contributed by atoms with Crippen molar-refractivity contribution in [3.63, 3.8) is 0 Å². The molecule has 6 nitrogen and oxygen atoms in total. The highest BCUT2D eigenvalue weighted by Gasteiger charge is 2.25. The molecule has 1 N–H and O–H groups in total. The summed E-state index contributed by atoms with van der Waals surface area (Å²) in [6.07, 6.45) is 4.54. The summed E-state index contributed by atoms with van der Waals surface area (Å²) in [6, 6.07) is 16.1. The minimum absolute atomic E-state index is 0.00281. The van der Waals surface area contributed by atoms with E-state index in [1.165, 1.54) is 5.56 Å². The number of hydrogen-bond donors (Lipinski definition) is 1. The Labute approximate surface area is 158 Å². The highest BCUT2D eigenvalue weighted by molar-refractivity contribution is 5.78. The quantitative estimate of drug-likeness (QED) is 0.730. The second kappa shape index (κ2) is 8.14. The molecule has 4 rings (SSSR count). The normalized spacial score (nSPS) is 17.1. The highest BCUT2D eigenvalue weighted by Crippen LogP contribution is 2.26. The number of likely N-dealkylation sites (tertiary alicyclic amines) is 1. The van der Waals surface area contributed by atoms with E-state index < -0.39 is 0 Å². The second-order valence-corrected chi connectivity index (χ2v) is 6.83. The molecule has 1 aliphatic rings. The standard InChI is InChI=1S/C21H22N4O2/c26-21(15-25-10-8-18(14-25)16-5-2-1-3-6-16)23-13-19-11-20(24-27-19)17-7-4-9-22-12-17/h1-7,9,11-12,18H,8,10,13-15H2,(H,23,26). The molecule has 138 valence electrons. The van der Waals surface area contributed by atoms with E-state index in [1.807, 2.05) is 24.3 Å². The molecule has 6 heteroatoms. The Hall–Kier alpha value is -2.99. The van der Waals surface area contributed by atoms with Crippen LogP contribution < -0.4 is 5.32 Å². The van der Waals surface area contributed by atoms with Gasteiger partial charge < -0.3 is 9.84 Å². The van der Waals surface area contributed by atoms with E-state index in [4.69, 9.17) is 4.52 Å². The van der Waals surface area contributed by atoms with Crippen molar-refractivity contribution in [3.8, 4) is 11.3 Å². The van der Waals surface area contributed by atoms with Crippen LogP contribution in [0, 0.1) is 0 Å². The fourth-order valence-corrected chi connectivity index (χ4v) is 3.46. The van der Waals surface area contributed by atoms with Crippen LogP contribution >= 0.6 is 0 Å². The largest absolute Gasteiger partial charge is 0.359 e. The van der Waals surface area contributed by atoms with Gasteiger partial charge in [0.25, 0.3) is 0 Å². The molecule has 0 radical (unpaired) electrons. The molecule has 1 amide bonds. The van der Waals surface area contributed by atoms with E-state index in [9.17, 15) is 4.79 Å². The summed E-state index contributed by atoms with van der Waals surface area (Å²) in [5.74, 6) is 1.14. The Morgan fingerprint density at radius 2 is 2.11 bits per heavy atom. The summed E-state index contributed by atoms with van der Waals surface area (Å²) < 4.78 is 5.31. The van der Waals surface area contributed by atoms with E-state index in [-0.39, 0.29) is 5.91 Å². The predicted octanol–water partition coefficient (Wildman–Crippen LogP) is 2.84. The van der Waals surface area contributed by atoms with E-state index in [0.29, 0.717) is 24.8 Å². The van der Waals surface area contributed by atoms with Crippen LogP contribution in [0.15, 0.2) is 65.4 Å². The zero-order chi connectivity index (χ0) is 18.5. The van der Waals surface area contributed by atoms with Gasteiger partial charge in [-0.2, -0.15) is 0 Å². The van der Waals surface area contributed by atoms with E-state index in [0.717, 1.165) is 30.8 Å². The first-order chi connectivity index (χ1) is 13.3. The van der Waals surface area contributed by atoms with Gasteiger partial charge in [-0.1, -0.05) is 35.5 Å². The molecule has 0 saturated carbocycles. The number of amides is 1. The molecule has 1 aliphatic heterocycles. The van der Waals surface area contributed by atoms with Crippen molar-refractivity contribution in [3.05, 3.63) is 72.2 Å². The molecular weight excluding hydrogens is 340 g/mol. The van der Waals surface area contributed by atoms with Crippen molar-refractivity contribution in [2.75, 3.05) is 19.6 Å². The summed E-state index contributed by atoms with van der Waals surface area (Å²) in [6.45, 7) is 2.61. The van der Waals surface area contributed by atoms with Gasteiger partial charge >= 0.3 is 0 Å². The third kappa shape index (κ3) is 4.41. The van der Waals surface area contributed by atoms with Crippen molar-refractivity contribution in [1.29, 1.82) is 0 Å². The van der Waals surface area contributed by atoms with Crippen molar-refractivity contribution in [2.45, 2.75) is 18.9 Å². The average Bonchev–Trinajstić information content (AvgIpc) is 3.37. The first kappa shape index (κ1) is 17.4. The number of carbonyl (C=O) groups excluding carboxylic acids is 1. The molecule has 3 heterocycles. The lowest BCUT2D eigenvalue weighted by Gasteiger charge is -2.15. The van der Waals surface area contributed by atoms with Crippen LogP contribution in [-0.4, -0.2) is 40.6 Å². The summed E-state index contributed by atoms with van der Waals surface area (Å²) >= 11 is 0. The monoisotopic (exact) mass is 362 g/mol. The smallest absolute Gasteiger partial charge is 0.234 e. The van der Waals surface area contributed by atoms with Gasteiger partial charge in [0.15, 0.2) is 5.76 Å². The third-order valence-corrected chi connectivity index (χ3v) is 4.89. The van der Waals surface area contributed by atoms with Crippen molar-refractivity contribution in [1.82, 2.24) is 20.4 Å². The van der Waals surface area contributed by atoms with Gasteiger partial charge in [0, 0.05) is 30.6 Å². The van der Waals surface area contributed by atoms with Crippen LogP contribution in [0.2, 0.25) is 0 Å². The van der Waals surface area contributed by atoms with Gasteiger partial charge in [-0.15, -0.1) is 0 Å². The molecule has 0 spiro atoms. The lowest BCUT2D eigenvalue weighted by Crippen LogP contribution is -2.35. The molecule has 3 aromatic rings. The minimum Gasteiger partial charge on any atom is -0.359 e. The zero-order valence-electron chi connectivity index (χ0n) is 15.0. The Kier molecular flexibility index (Phi) is 5.25. The Morgan fingerprint density at radius 3 is 2.93 bits per heavy atom. The van der Waals surface area contributed by atoms with Gasteiger partial charge in [-0.05, 0) is 36.6 Å². The fraction of sp³-hybridized carbons (Fsp3) is 0.286. The fourth-order valence-electron chi connectivity index (χ4n) is 3.46. The maximum Gasteiger partial charge on any atom is 0.234 e. The van der Waals surface area contributed by atoms with Gasteiger partial charge in [-0.25, -0.2) is 0 Å². The number of aromatic nitrogens is 2. The Balaban J connectivity index is 1.25. The Morgan fingerprint density at radius 1 is 1.22 bits per heavy atom. The van der Waals surface area contributed by atoms with Crippen molar-refractivity contribution >= 4 is 5.91 Å². The van der Waals surface area contributed by atoms with Crippen LogP contribution in [0.25, 0.3) is 11.3 Å². The van der Waals surface area contributed by atoms with E-state index >= 15 is 0 Å². The molecule has 1 atom stereocenters. The van der Waals surface area contributed by atoms with Gasteiger partial charge in [-0.3, -0.25) is 14.7 Å². The number of pyridine rings is 1. The molecule has 1 fully saturated rings. The van der Waals surface area contributed by atoms with Crippen molar-refractivity contribution in [2.24, 2.45) is 0 Å². The first-order valence-corrected chi connectivity index (χ1v) is 9.18. The molecule has 1 saturated heterocycles. The molecule has 1 unspecified atom stereocenters. The van der Waals surface area contributed by atoms with Crippen molar-refractivity contribution < 1.29 is 9.32 Å². The summed E-state index contributed by atoms with van der Waals surface area (Å²) in [5, 5.41) is 6.95. The molecular formula is C21H22N4O2. The number of nitrogens with one attached hydrogen (secondary N) is 1. The van der Waals surface area contributed by atoms with Crippen LogP contribution in [0.5, 0.6) is 0 Å². The number of nitrogens with zero attached hydrogens (tertiary/aromatic N) is 3. The van der Waals surface area contributed by atoms with Crippen LogP contribution in [0.3, 0.4) is 0 Å². The molecule has 0 bridgehead atoms. The van der Waals surface area contributed by atoms with E-state index in [2.05, 4.69) is 44.6 Å². The zero-order valence-corrected chi connectivity index (χ0v) is 15.0. The topological polar surface area (TPSA) is 71.3 Å². The minimum atomic E-state index is 0.00281. The van der Waals surface area contributed by atoms with Gasteiger partial charge in [0.05, 0.1) is 13.1 Å². The van der Waals surface area contributed by atoms with Crippen LogP contribution in [0.1, 0.15) is 23.7 Å². The average molecular weight is 362 g/mol. The molecule has 2 aromatic heterocycles. The summed E-state index contributed by atoms with van der Waals surface area (Å²) in [4.78, 5) is 18.5. The lowest BCUT2D eigenvalue weighted by molar-refractivity contribution is -0.122. The summed E-state index contributed by atoms with van der Waals surface area (Å²) in [7, 11) is 0. The first-order valence-electron chi connectivity index (χ1n) is 9.18. The van der Waals surface area contributed by atoms with Crippen LogP contribution in [-0.2, 0) is 11.3 Å². The molecule has 27 heavy (non-hydrogen) atoms. The summed E-state index contributed by atoms with van der Waals surface area (Å²) in [5.41, 5.74) is 2.96. The highest BCUT2D eigenvalue weighted by atomic mass is 16.5. The number of rotatable bonds is 6. The molecule has 0 aliphatic carbocycles. The SMILES string of the molecule is O=C(CN1CCC(c2ccccc2)C1)NCc1cc(-c2cccnc2)no1. The number of carbonyl (C=O) groups is 1. The third-order valence-electron chi connectivity index (χ3n) is 4.89. The second-order valence-electron chi connectivity index (χ2n) is 6.83. The van der Waals surface area contributed by atoms with Crippen LogP contribution in [0.4, 0.5) is 0 Å². The maximum atomic E-state index is 12.3.